The SMILES string of the molecule is Cn1c(=O)c2nc(Cl)n(CC(=O)N(CCO)c3ccccc3)c2n(C)c1=O. The van der Waals surface area contributed by atoms with Crippen molar-refractivity contribution < 1.29 is 9.90 Å². The van der Waals surface area contributed by atoms with E-state index < -0.39 is 11.2 Å². The minimum atomic E-state index is -0.587. The lowest BCUT2D eigenvalue weighted by Gasteiger charge is -2.22. The average Bonchev–Trinajstić information content (AvgIpc) is 2.99. The molecule has 3 rings (SSSR count). The number of aliphatic hydroxyl groups excluding tert-OH is 1. The third-order valence-corrected chi connectivity index (χ3v) is 4.57. The number of aliphatic hydroxyl groups is 1. The van der Waals surface area contributed by atoms with Crippen LogP contribution in [-0.4, -0.2) is 42.9 Å². The van der Waals surface area contributed by atoms with Crippen molar-refractivity contribution in [1.82, 2.24) is 18.7 Å². The van der Waals surface area contributed by atoms with Gasteiger partial charge in [0.1, 0.15) is 6.54 Å². The van der Waals surface area contributed by atoms with Gasteiger partial charge in [-0.1, -0.05) is 18.2 Å². The smallest absolute Gasteiger partial charge is 0.332 e. The minimum absolute atomic E-state index is 0.00539. The Hall–Kier alpha value is -2.91. The van der Waals surface area contributed by atoms with Crippen LogP contribution < -0.4 is 16.1 Å². The molecule has 1 aromatic carbocycles. The summed E-state index contributed by atoms with van der Waals surface area (Å²) in [4.78, 5) is 42.8. The first-order valence-electron chi connectivity index (χ1n) is 8.14. The van der Waals surface area contributed by atoms with Gasteiger partial charge in [-0.3, -0.25) is 23.3 Å². The van der Waals surface area contributed by atoms with Crippen molar-refractivity contribution in [1.29, 1.82) is 0 Å². The number of hydrogen-bond donors (Lipinski definition) is 1. The first-order chi connectivity index (χ1) is 12.9. The third-order valence-electron chi connectivity index (χ3n) is 4.28. The number of halogens is 1. The van der Waals surface area contributed by atoms with Crippen LogP contribution in [0.1, 0.15) is 0 Å². The monoisotopic (exact) mass is 391 g/mol. The van der Waals surface area contributed by atoms with Crippen molar-refractivity contribution in [3.05, 3.63) is 56.5 Å². The molecule has 1 amide bonds. The van der Waals surface area contributed by atoms with Gasteiger partial charge in [0.05, 0.1) is 6.61 Å². The number of aryl methyl sites for hydroxylation is 1. The van der Waals surface area contributed by atoms with Gasteiger partial charge in [0.25, 0.3) is 5.56 Å². The fraction of sp³-hybridized carbons (Fsp3) is 0.294. The highest BCUT2D eigenvalue weighted by Gasteiger charge is 2.22. The van der Waals surface area contributed by atoms with Gasteiger partial charge >= 0.3 is 5.69 Å². The van der Waals surface area contributed by atoms with Crippen LogP contribution in [-0.2, 0) is 25.4 Å². The first-order valence-corrected chi connectivity index (χ1v) is 8.52. The van der Waals surface area contributed by atoms with Gasteiger partial charge in [-0.05, 0) is 23.7 Å². The van der Waals surface area contributed by atoms with E-state index in [-0.39, 0.29) is 42.1 Å². The number of carbonyl (C=O) groups is 1. The molecule has 2 heterocycles. The van der Waals surface area contributed by atoms with Gasteiger partial charge in [0.15, 0.2) is 11.2 Å². The van der Waals surface area contributed by atoms with Crippen LogP contribution in [0.5, 0.6) is 0 Å². The maximum absolute atomic E-state index is 12.9. The number of carbonyl (C=O) groups excluding carboxylic acids is 1. The second kappa shape index (κ2) is 7.37. The molecule has 0 atom stereocenters. The maximum atomic E-state index is 12.9. The molecule has 0 unspecified atom stereocenters. The number of rotatable bonds is 5. The summed E-state index contributed by atoms with van der Waals surface area (Å²) in [5, 5.41) is 9.24. The van der Waals surface area contributed by atoms with E-state index in [2.05, 4.69) is 4.98 Å². The van der Waals surface area contributed by atoms with Gasteiger partial charge in [-0.25, -0.2) is 9.78 Å². The Balaban J connectivity index is 2.08. The number of benzene rings is 1. The van der Waals surface area contributed by atoms with Gasteiger partial charge in [0.2, 0.25) is 11.2 Å². The molecule has 0 aliphatic heterocycles. The molecular formula is C17H18ClN5O4. The molecule has 3 aromatic rings. The van der Waals surface area contributed by atoms with Crippen molar-refractivity contribution in [2.24, 2.45) is 14.1 Å². The number of imidazole rings is 1. The topological polar surface area (TPSA) is 102 Å². The molecule has 10 heteroatoms. The molecule has 0 saturated carbocycles. The van der Waals surface area contributed by atoms with E-state index in [0.29, 0.717) is 5.69 Å². The van der Waals surface area contributed by atoms with E-state index in [0.717, 1.165) is 4.57 Å². The third kappa shape index (κ3) is 3.26. The standard InChI is InChI=1S/C17H18ClN5O4/c1-20-14-13(15(26)21(2)17(20)27)19-16(18)23(14)10-12(25)22(8-9-24)11-6-4-3-5-7-11/h3-7,24H,8-10H2,1-2H3. The molecule has 1 N–H and O–H groups in total. The number of aromatic nitrogens is 4. The average molecular weight is 392 g/mol. The van der Waals surface area contributed by atoms with Crippen LogP contribution in [0.4, 0.5) is 5.69 Å². The van der Waals surface area contributed by atoms with Gasteiger partial charge < -0.3 is 10.0 Å². The number of hydrogen-bond acceptors (Lipinski definition) is 5. The molecule has 0 saturated heterocycles. The minimum Gasteiger partial charge on any atom is -0.395 e. The zero-order valence-corrected chi connectivity index (χ0v) is 15.5. The number of nitrogens with zero attached hydrogens (tertiary/aromatic N) is 5. The van der Waals surface area contributed by atoms with E-state index in [1.165, 1.54) is 28.1 Å². The Bertz CT molecular complexity index is 1120. The molecule has 0 fully saturated rings. The Labute approximate surface area is 158 Å². The quantitative estimate of drug-likeness (QED) is 0.622. The predicted molar refractivity (Wildman–Crippen MR) is 101 cm³/mol. The van der Waals surface area contributed by atoms with Crippen LogP contribution in [0.15, 0.2) is 39.9 Å². The summed E-state index contributed by atoms with van der Waals surface area (Å²) in [6.45, 7) is -0.378. The summed E-state index contributed by atoms with van der Waals surface area (Å²) in [7, 11) is 2.83. The van der Waals surface area contributed by atoms with Gasteiger partial charge in [-0.2, -0.15) is 0 Å². The highest BCUT2D eigenvalue weighted by atomic mass is 35.5. The highest BCUT2D eigenvalue weighted by Crippen LogP contribution is 2.18. The van der Waals surface area contributed by atoms with Crippen molar-refractivity contribution in [3.8, 4) is 0 Å². The summed E-state index contributed by atoms with van der Waals surface area (Å²) in [6.07, 6.45) is 0. The normalized spacial score (nSPS) is 11.1. The zero-order chi connectivity index (χ0) is 19.7. The Morgan fingerprint density at radius 3 is 2.48 bits per heavy atom. The van der Waals surface area contributed by atoms with E-state index >= 15 is 0 Å². The van der Waals surface area contributed by atoms with Gasteiger partial charge in [0, 0.05) is 26.3 Å². The number of anilines is 1. The van der Waals surface area contributed by atoms with E-state index in [1.807, 2.05) is 6.07 Å². The van der Waals surface area contributed by atoms with Gasteiger partial charge in [-0.15, -0.1) is 0 Å². The number of amides is 1. The van der Waals surface area contributed by atoms with E-state index in [9.17, 15) is 19.5 Å². The zero-order valence-electron chi connectivity index (χ0n) is 14.8. The lowest BCUT2D eigenvalue weighted by atomic mass is 10.3. The lowest BCUT2D eigenvalue weighted by molar-refractivity contribution is -0.119. The maximum Gasteiger partial charge on any atom is 0.332 e. The van der Waals surface area contributed by atoms with E-state index in [4.69, 9.17) is 11.6 Å². The predicted octanol–water partition coefficient (Wildman–Crippen LogP) is 0.113. The molecule has 9 nitrogen and oxygen atoms in total. The molecule has 27 heavy (non-hydrogen) atoms. The summed E-state index contributed by atoms with van der Waals surface area (Å²) in [6, 6.07) is 8.86. The van der Waals surface area contributed by atoms with Crippen molar-refractivity contribution in [2.45, 2.75) is 6.54 Å². The Morgan fingerprint density at radius 1 is 1.19 bits per heavy atom. The van der Waals surface area contributed by atoms with Crippen molar-refractivity contribution in [2.75, 3.05) is 18.1 Å². The summed E-state index contributed by atoms with van der Waals surface area (Å²) in [5.74, 6) is -0.371. The van der Waals surface area contributed by atoms with Crippen LogP contribution in [0.25, 0.3) is 11.2 Å². The molecular weight excluding hydrogens is 374 g/mol. The van der Waals surface area contributed by atoms with Crippen molar-refractivity contribution in [3.63, 3.8) is 0 Å². The Morgan fingerprint density at radius 2 is 1.85 bits per heavy atom. The molecule has 0 aliphatic carbocycles. The van der Waals surface area contributed by atoms with Crippen molar-refractivity contribution >= 4 is 34.4 Å². The first kappa shape index (κ1) is 18.9. The summed E-state index contributed by atoms with van der Waals surface area (Å²) in [5.41, 5.74) is -0.351. The molecule has 0 spiro atoms. The van der Waals surface area contributed by atoms with Crippen LogP contribution in [0, 0.1) is 0 Å². The van der Waals surface area contributed by atoms with E-state index in [1.54, 1.807) is 24.3 Å². The molecule has 0 aliphatic rings. The summed E-state index contributed by atoms with van der Waals surface area (Å²) >= 11 is 6.16. The lowest BCUT2D eigenvalue weighted by Crippen LogP contribution is -2.39. The Kier molecular flexibility index (Phi) is 5.15. The molecule has 142 valence electrons. The molecule has 2 aromatic heterocycles. The number of para-hydroxylation sites is 1. The van der Waals surface area contributed by atoms with Crippen LogP contribution in [0.2, 0.25) is 5.28 Å². The fourth-order valence-corrected chi connectivity index (χ4v) is 3.15. The molecule has 0 bridgehead atoms. The highest BCUT2D eigenvalue weighted by molar-refractivity contribution is 6.29. The second-order valence-electron chi connectivity index (χ2n) is 5.95. The summed E-state index contributed by atoms with van der Waals surface area (Å²) < 4.78 is 3.47. The second-order valence-corrected chi connectivity index (χ2v) is 6.29. The fourth-order valence-electron chi connectivity index (χ4n) is 2.93. The largest absolute Gasteiger partial charge is 0.395 e. The number of fused-ring (bicyclic) bond motifs is 1. The van der Waals surface area contributed by atoms with Crippen LogP contribution >= 0.6 is 11.6 Å². The molecule has 0 radical (unpaired) electrons. The van der Waals surface area contributed by atoms with Crippen LogP contribution in [0.3, 0.4) is 0 Å².